The number of hydrogen-bond donors (Lipinski definition) is 3. The van der Waals surface area contributed by atoms with Crippen LogP contribution in [0.5, 0.6) is 28.7 Å². The van der Waals surface area contributed by atoms with Gasteiger partial charge in [-0.1, -0.05) is 69.8 Å². The van der Waals surface area contributed by atoms with Crippen molar-refractivity contribution in [3.05, 3.63) is 169 Å². The zero-order valence-corrected chi connectivity index (χ0v) is 57.5. The highest BCUT2D eigenvalue weighted by Gasteiger charge is 2.25. The molecule has 23 nitrogen and oxygen atoms in total. The topological polar surface area (TPSA) is 239 Å². The van der Waals surface area contributed by atoms with Gasteiger partial charge >= 0.3 is 0 Å². The van der Waals surface area contributed by atoms with Gasteiger partial charge in [0.2, 0.25) is 0 Å². The normalized spacial score (nSPS) is 10.9. The zero-order chi connectivity index (χ0) is 68.9. The fourth-order valence-electron chi connectivity index (χ4n) is 10.4. The number of hydrogen-bond acceptors (Lipinski definition) is 20. The average Bonchev–Trinajstić information content (AvgIpc) is 1.56. The molecule has 3 N–H and O–H groups in total. The van der Waals surface area contributed by atoms with Crippen LogP contribution in [0.3, 0.4) is 0 Å². The van der Waals surface area contributed by atoms with Crippen LogP contribution in [0, 0.1) is 11.8 Å². The number of aryl methyl sites for hydroxylation is 3. The summed E-state index contributed by atoms with van der Waals surface area (Å²) in [6.45, 7) is 9.73. The highest BCUT2D eigenvalue weighted by atomic mass is 35.5. The Morgan fingerprint density at radius 1 is 0.505 bits per heavy atom. The maximum absolute atomic E-state index is 10.1. The molecule has 0 amide bonds. The van der Waals surface area contributed by atoms with Crippen molar-refractivity contribution in [3.63, 3.8) is 0 Å². The molecular formula is C74H84Cl2N16O7. The molecule has 0 aliphatic carbocycles. The summed E-state index contributed by atoms with van der Waals surface area (Å²) in [5.74, 6) is 8.94. The minimum absolute atomic E-state index is 0. The number of aromatic nitrogens is 12. The molecule has 0 aliphatic rings. The summed E-state index contributed by atoms with van der Waals surface area (Å²) >= 11 is 13.2. The van der Waals surface area contributed by atoms with Gasteiger partial charge in [-0.3, -0.25) is 29.0 Å². The number of ether oxygens (including phenoxy) is 5. The molecule has 6 aromatic carbocycles. The average molecular weight is 1380 g/mol. The summed E-state index contributed by atoms with van der Waals surface area (Å²) < 4.78 is 32.4. The molecular weight excluding hydrogens is 1300 g/mol. The van der Waals surface area contributed by atoms with E-state index < -0.39 is 5.60 Å². The van der Waals surface area contributed by atoms with Gasteiger partial charge in [0.05, 0.1) is 142 Å². The SMILES string of the molecule is C.C.COc1cc(OC)c(Cl)c(N(CCO)c2ccc3ncc(-c4cnn(C)c4)nc3c2)c1Cl.COc1cc(OC)cc(N(CC#CC(C)(C)O)c2ccc3ncc(-c4cnn(C)c4)nc3c2)c1.COc1cccc(N(CCNC(C)C)c2ccc3ncc(-c4cnn(C)c4)nc3c2)c1. The standard InChI is InChI=1S/C26H27N5O3.C24H28N6O.C22H21Cl2N5O3.2CH4/c1-26(2,32)9-6-10-31(20-11-21(33-4)14-22(12-20)34-5)19-7-8-23-24(13-19)29-25(16-27-23)18-15-28-30(3)17-18;1-17(2)25-10-11-30(19-6-5-7-21(12-19)31-4)20-8-9-22-23(13-20)28-24(15-26-22)18-14-27-29(3)16-18;1-28-12-13(10-26-28)17-11-25-15-5-4-14(8-16(15)27-17)29(6-7-30)22-20(23)18(31-2)9-19(32-3)21(22)24;;/h7-8,11-17,32H,10H2,1-5H3;5-9,12-17,25H,10-11H2,1-4H3;4-5,8-12,30H,6-7H2,1-3H3;2*1H4. The molecule has 0 aliphatic heterocycles. The fraction of sp³-hybridized carbons (Fsp3) is 0.284. The molecule has 12 aromatic rings. The third kappa shape index (κ3) is 18.3. The van der Waals surface area contributed by atoms with Gasteiger partial charge in [0.25, 0.3) is 0 Å². The predicted octanol–water partition coefficient (Wildman–Crippen LogP) is 13.9. The summed E-state index contributed by atoms with van der Waals surface area (Å²) in [5, 5.41) is 36.6. The Morgan fingerprint density at radius 3 is 1.32 bits per heavy atom. The quantitative estimate of drug-likeness (QED) is 0.0567. The molecule has 0 unspecified atom stereocenters. The van der Waals surface area contributed by atoms with Crippen LogP contribution >= 0.6 is 23.2 Å². The molecule has 0 saturated carbocycles. The molecule has 0 saturated heterocycles. The lowest BCUT2D eigenvalue weighted by atomic mass is 10.1. The van der Waals surface area contributed by atoms with Crippen molar-refractivity contribution in [2.75, 3.05) is 83.0 Å². The number of anilines is 6. The number of halogens is 2. The first-order chi connectivity index (χ1) is 46.7. The minimum atomic E-state index is -1.09. The van der Waals surface area contributed by atoms with E-state index in [2.05, 4.69) is 90.4 Å². The van der Waals surface area contributed by atoms with Gasteiger partial charge in [0, 0.05) is 141 Å². The van der Waals surface area contributed by atoms with Gasteiger partial charge in [0.15, 0.2) is 0 Å². The van der Waals surface area contributed by atoms with E-state index in [-0.39, 0.29) is 28.0 Å². The second-order valence-corrected chi connectivity index (χ2v) is 23.9. The Bertz CT molecular complexity index is 4720. The van der Waals surface area contributed by atoms with Crippen molar-refractivity contribution in [1.29, 1.82) is 0 Å². The summed E-state index contributed by atoms with van der Waals surface area (Å²) in [6.07, 6.45) is 16.3. The first kappa shape index (κ1) is 74.2. The first-order valence-corrected chi connectivity index (χ1v) is 31.6. The lowest BCUT2D eigenvalue weighted by molar-refractivity contribution is 0.143. The van der Waals surface area contributed by atoms with Crippen LogP contribution in [0.1, 0.15) is 42.5 Å². The number of nitrogens with one attached hydrogen (secondary N) is 1. The summed E-state index contributed by atoms with van der Waals surface area (Å²) in [5.41, 5.74) is 13.5. The van der Waals surface area contributed by atoms with Crippen LogP contribution in [0.15, 0.2) is 159 Å². The van der Waals surface area contributed by atoms with E-state index in [0.29, 0.717) is 62.5 Å². The van der Waals surface area contributed by atoms with Crippen LogP contribution in [0.25, 0.3) is 66.9 Å². The lowest BCUT2D eigenvalue weighted by Gasteiger charge is -2.28. The second kappa shape index (κ2) is 33.6. The third-order valence-corrected chi connectivity index (χ3v) is 15.9. The third-order valence-electron chi connectivity index (χ3n) is 15.2. The Hall–Kier alpha value is -10.6. The van der Waals surface area contributed by atoms with E-state index in [0.717, 1.165) is 103 Å². The number of aliphatic hydroxyl groups excluding tert-OH is 1. The molecule has 0 fully saturated rings. The Labute approximate surface area is 587 Å². The van der Waals surface area contributed by atoms with Crippen LogP contribution in [-0.2, 0) is 21.1 Å². The number of rotatable bonds is 21. The maximum atomic E-state index is 10.1. The van der Waals surface area contributed by atoms with E-state index in [1.807, 2.05) is 117 Å². The molecule has 6 aromatic heterocycles. The van der Waals surface area contributed by atoms with Crippen molar-refractivity contribution >= 4 is 90.4 Å². The summed E-state index contributed by atoms with van der Waals surface area (Å²) in [7, 11) is 13.6. The van der Waals surface area contributed by atoms with E-state index in [9.17, 15) is 10.2 Å². The Morgan fingerprint density at radius 2 is 0.929 bits per heavy atom. The smallest absolute Gasteiger partial charge is 0.143 e. The Kier molecular flexibility index (Phi) is 25.2. The fourth-order valence-corrected chi connectivity index (χ4v) is 11.1. The molecule has 12 rings (SSSR count). The van der Waals surface area contributed by atoms with Gasteiger partial charge in [-0.15, -0.1) is 0 Å². The summed E-state index contributed by atoms with van der Waals surface area (Å²) in [4.78, 5) is 34.2. The zero-order valence-electron chi connectivity index (χ0n) is 56.0. The number of nitrogens with zero attached hydrogens (tertiary/aromatic N) is 15. The second-order valence-electron chi connectivity index (χ2n) is 23.1. The van der Waals surface area contributed by atoms with Crippen LogP contribution in [-0.4, -0.2) is 149 Å². The van der Waals surface area contributed by atoms with Gasteiger partial charge in [-0.25, -0.2) is 15.0 Å². The van der Waals surface area contributed by atoms with Crippen LogP contribution in [0.2, 0.25) is 10.0 Å². The molecule has 6 heterocycles. The van der Waals surface area contributed by atoms with Crippen LogP contribution in [0.4, 0.5) is 34.1 Å². The monoisotopic (exact) mass is 1380 g/mol. The van der Waals surface area contributed by atoms with Crippen molar-refractivity contribution in [3.8, 4) is 74.4 Å². The summed E-state index contributed by atoms with van der Waals surface area (Å²) in [6, 6.07) is 33.5. The number of benzene rings is 6. The van der Waals surface area contributed by atoms with Crippen molar-refractivity contribution in [2.24, 2.45) is 21.1 Å². The number of methoxy groups -OCH3 is 5. The highest BCUT2D eigenvalue weighted by Crippen LogP contribution is 2.48. The van der Waals surface area contributed by atoms with Crippen molar-refractivity contribution in [2.45, 2.75) is 54.2 Å². The Balaban J connectivity index is 0.000000187. The lowest BCUT2D eigenvalue weighted by Crippen LogP contribution is -2.32. The number of aliphatic hydroxyl groups is 2. The highest BCUT2D eigenvalue weighted by molar-refractivity contribution is 6.41. The largest absolute Gasteiger partial charge is 0.497 e. The molecule has 25 heteroatoms. The van der Waals surface area contributed by atoms with E-state index >= 15 is 0 Å². The number of fused-ring (bicyclic) bond motifs is 3. The van der Waals surface area contributed by atoms with Gasteiger partial charge < -0.3 is 53.9 Å². The van der Waals surface area contributed by atoms with Crippen molar-refractivity contribution in [1.82, 2.24) is 64.6 Å². The van der Waals surface area contributed by atoms with Gasteiger partial charge in [0.1, 0.15) is 44.4 Å². The van der Waals surface area contributed by atoms with Crippen LogP contribution < -0.4 is 43.7 Å². The molecule has 0 atom stereocenters. The van der Waals surface area contributed by atoms with Gasteiger partial charge in [-0.05, 0) is 80.6 Å². The first-order valence-electron chi connectivity index (χ1n) is 30.9. The molecule has 99 heavy (non-hydrogen) atoms. The van der Waals surface area contributed by atoms with E-state index in [4.69, 9.17) is 61.8 Å². The minimum Gasteiger partial charge on any atom is -0.497 e. The predicted molar refractivity (Wildman–Crippen MR) is 396 cm³/mol. The molecule has 0 radical (unpaired) electrons. The van der Waals surface area contributed by atoms with Gasteiger partial charge in [-0.2, -0.15) is 15.3 Å². The van der Waals surface area contributed by atoms with E-state index in [1.165, 1.54) is 14.2 Å². The maximum Gasteiger partial charge on any atom is 0.143 e. The molecule has 0 bridgehead atoms. The molecule has 0 spiro atoms. The van der Waals surface area contributed by atoms with Crippen molar-refractivity contribution < 1.29 is 33.9 Å². The van der Waals surface area contributed by atoms with E-state index in [1.54, 1.807) is 97.4 Å². The molecule has 516 valence electrons.